The second-order valence-electron chi connectivity index (χ2n) is 4.36. The van der Waals surface area contributed by atoms with Crippen LogP contribution in [0.1, 0.15) is 10.4 Å². The van der Waals surface area contributed by atoms with E-state index in [-0.39, 0.29) is 5.89 Å². The number of fused-ring (bicyclic) bond motifs is 1. The van der Waals surface area contributed by atoms with E-state index < -0.39 is 11.6 Å². The number of hydrogen-bond donors (Lipinski definition) is 0. The Kier molecular flexibility index (Phi) is 3.23. The molecule has 0 aliphatic rings. The number of hydrogen-bond acceptors (Lipinski definition) is 5. The highest BCUT2D eigenvalue weighted by Crippen LogP contribution is 2.23. The molecule has 3 rings (SSSR count). The molecule has 5 heteroatoms. The van der Waals surface area contributed by atoms with Gasteiger partial charge in [-0.1, -0.05) is 24.3 Å². The van der Waals surface area contributed by atoms with E-state index >= 15 is 0 Å². The summed E-state index contributed by atoms with van der Waals surface area (Å²) < 4.78 is 9.97. The summed E-state index contributed by atoms with van der Waals surface area (Å²) in [5, 5.41) is 0.400. The van der Waals surface area contributed by atoms with Crippen molar-refractivity contribution in [1.29, 1.82) is 0 Å². The monoisotopic (exact) mass is 281 g/mol. The van der Waals surface area contributed by atoms with E-state index in [1.165, 1.54) is 7.11 Å². The molecule has 0 bridgehead atoms. The summed E-state index contributed by atoms with van der Waals surface area (Å²) in [6.45, 7) is 0. The molecule has 0 fully saturated rings. The van der Waals surface area contributed by atoms with Gasteiger partial charge in [0.1, 0.15) is 0 Å². The summed E-state index contributed by atoms with van der Waals surface area (Å²) in [6.07, 6.45) is 0. The van der Waals surface area contributed by atoms with Gasteiger partial charge in [-0.2, -0.15) is 0 Å². The van der Waals surface area contributed by atoms with Gasteiger partial charge in [0.15, 0.2) is 0 Å². The number of para-hydroxylation sites is 1. The zero-order valence-corrected chi connectivity index (χ0v) is 11.2. The Morgan fingerprint density at radius 1 is 1.10 bits per heavy atom. The van der Waals surface area contributed by atoms with Gasteiger partial charge in [-0.3, -0.25) is 0 Å². The highest BCUT2D eigenvalue weighted by molar-refractivity contribution is 5.96. The van der Waals surface area contributed by atoms with E-state index in [0.717, 1.165) is 0 Å². The summed E-state index contributed by atoms with van der Waals surface area (Å²) in [4.78, 5) is 28.1. The number of benzene rings is 2. The predicted molar refractivity (Wildman–Crippen MR) is 77.1 cm³/mol. The fourth-order valence-corrected chi connectivity index (χ4v) is 2.09. The van der Waals surface area contributed by atoms with Crippen LogP contribution in [0.3, 0.4) is 0 Å². The van der Waals surface area contributed by atoms with Gasteiger partial charge in [0.25, 0.3) is 0 Å². The molecule has 21 heavy (non-hydrogen) atoms. The lowest BCUT2D eigenvalue weighted by molar-refractivity contribution is 0.0601. The van der Waals surface area contributed by atoms with Crippen LogP contribution >= 0.6 is 0 Å². The molecule has 0 amide bonds. The van der Waals surface area contributed by atoms with Crippen LogP contribution in [-0.2, 0) is 4.74 Å². The zero-order valence-electron chi connectivity index (χ0n) is 11.2. The minimum Gasteiger partial charge on any atom is -0.465 e. The zero-order chi connectivity index (χ0) is 14.8. The van der Waals surface area contributed by atoms with Crippen LogP contribution in [0.25, 0.3) is 22.4 Å². The molecule has 2 aromatic carbocycles. The van der Waals surface area contributed by atoms with Crippen molar-refractivity contribution in [3.8, 4) is 11.5 Å². The number of esters is 1. The molecule has 0 spiro atoms. The largest absolute Gasteiger partial charge is 0.465 e. The van der Waals surface area contributed by atoms with Crippen LogP contribution in [0.15, 0.2) is 57.7 Å². The fourth-order valence-electron chi connectivity index (χ4n) is 2.09. The second kappa shape index (κ2) is 5.20. The lowest BCUT2D eigenvalue weighted by Crippen LogP contribution is -2.07. The van der Waals surface area contributed by atoms with Crippen molar-refractivity contribution in [2.24, 2.45) is 0 Å². The smallest absolute Gasteiger partial charge is 0.347 e. The SMILES string of the molecule is COC(=O)c1ccccc1-c1nc2ccccc2c(=O)o1. The molecular weight excluding hydrogens is 270 g/mol. The van der Waals surface area contributed by atoms with Gasteiger partial charge in [0.05, 0.1) is 29.1 Å². The van der Waals surface area contributed by atoms with Crippen molar-refractivity contribution in [1.82, 2.24) is 4.98 Å². The number of ether oxygens (including phenoxy) is 1. The molecular formula is C16H11NO4. The van der Waals surface area contributed by atoms with Crippen LogP contribution in [0, 0.1) is 0 Å². The fraction of sp³-hybridized carbons (Fsp3) is 0.0625. The Hall–Kier alpha value is -2.95. The van der Waals surface area contributed by atoms with Gasteiger partial charge in [-0.15, -0.1) is 0 Å². The lowest BCUT2D eigenvalue weighted by Gasteiger charge is -2.06. The molecule has 0 N–H and O–H groups in total. The molecule has 0 aliphatic heterocycles. The second-order valence-corrected chi connectivity index (χ2v) is 4.36. The van der Waals surface area contributed by atoms with Gasteiger partial charge >= 0.3 is 11.6 Å². The topological polar surface area (TPSA) is 69.4 Å². The summed E-state index contributed by atoms with van der Waals surface area (Å²) in [6, 6.07) is 13.6. The quantitative estimate of drug-likeness (QED) is 0.675. The summed E-state index contributed by atoms with van der Waals surface area (Å²) in [7, 11) is 1.29. The number of carbonyl (C=O) groups is 1. The van der Waals surface area contributed by atoms with E-state index in [9.17, 15) is 9.59 Å². The summed E-state index contributed by atoms with van der Waals surface area (Å²) in [5.41, 5.74) is 0.747. The minimum absolute atomic E-state index is 0.0969. The Morgan fingerprint density at radius 2 is 1.81 bits per heavy atom. The molecule has 0 atom stereocenters. The van der Waals surface area contributed by atoms with Crippen molar-refractivity contribution in [3.63, 3.8) is 0 Å². The first kappa shape index (κ1) is 13.1. The van der Waals surface area contributed by atoms with Crippen molar-refractivity contribution in [3.05, 3.63) is 64.5 Å². The Morgan fingerprint density at radius 3 is 2.62 bits per heavy atom. The molecule has 104 valence electrons. The van der Waals surface area contributed by atoms with Gasteiger partial charge in [0, 0.05) is 0 Å². The maximum atomic E-state index is 12.0. The third-order valence-electron chi connectivity index (χ3n) is 3.10. The number of rotatable bonds is 2. The first-order valence-corrected chi connectivity index (χ1v) is 6.28. The first-order valence-electron chi connectivity index (χ1n) is 6.28. The predicted octanol–water partition coefficient (Wildman–Crippen LogP) is 2.64. The van der Waals surface area contributed by atoms with Crippen molar-refractivity contribution in [2.45, 2.75) is 0 Å². The highest BCUT2D eigenvalue weighted by atomic mass is 16.5. The standard InChI is InChI=1S/C16H11NO4/c1-20-15(18)11-7-3-2-6-10(11)14-17-13-9-5-4-8-12(13)16(19)21-14/h2-9H,1H3. The van der Waals surface area contributed by atoms with Crippen molar-refractivity contribution >= 4 is 16.9 Å². The molecule has 5 nitrogen and oxygen atoms in total. The van der Waals surface area contributed by atoms with E-state index in [4.69, 9.17) is 9.15 Å². The molecule has 1 aromatic heterocycles. The Bertz CT molecular complexity index is 883. The molecule has 0 saturated heterocycles. The maximum Gasteiger partial charge on any atom is 0.347 e. The van der Waals surface area contributed by atoms with Gasteiger partial charge in [-0.25, -0.2) is 14.6 Å². The highest BCUT2D eigenvalue weighted by Gasteiger charge is 2.16. The van der Waals surface area contributed by atoms with Crippen LogP contribution in [0.4, 0.5) is 0 Å². The third kappa shape index (κ3) is 2.29. The van der Waals surface area contributed by atoms with E-state index in [1.807, 2.05) is 0 Å². The van der Waals surface area contributed by atoms with Crippen LogP contribution in [-0.4, -0.2) is 18.1 Å². The molecule has 3 aromatic rings. The summed E-state index contributed by atoms with van der Waals surface area (Å²) >= 11 is 0. The van der Waals surface area contributed by atoms with Crippen LogP contribution in [0.2, 0.25) is 0 Å². The van der Waals surface area contributed by atoms with Gasteiger partial charge < -0.3 is 9.15 Å². The first-order chi connectivity index (χ1) is 10.2. The normalized spacial score (nSPS) is 10.5. The number of carbonyl (C=O) groups excluding carboxylic acids is 1. The third-order valence-corrected chi connectivity index (χ3v) is 3.10. The minimum atomic E-state index is -0.511. The van der Waals surface area contributed by atoms with E-state index in [0.29, 0.717) is 22.0 Å². The molecule has 1 heterocycles. The van der Waals surface area contributed by atoms with Gasteiger partial charge in [0.2, 0.25) is 5.89 Å². The molecule has 0 saturated carbocycles. The Labute approximate surface area is 119 Å². The average Bonchev–Trinajstić information content (AvgIpc) is 2.54. The molecule has 0 radical (unpaired) electrons. The van der Waals surface area contributed by atoms with E-state index in [2.05, 4.69) is 4.98 Å². The van der Waals surface area contributed by atoms with Gasteiger partial charge in [-0.05, 0) is 24.3 Å². The number of aromatic nitrogens is 1. The maximum absolute atomic E-state index is 12.0. The van der Waals surface area contributed by atoms with Crippen LogP contribution < -0.4 is 5.63 Å². The molecule has 0 unspecified atom stereocenters. The Balaban J connectivity index is 2.27. The van der Waals surface area contributed by atoms with Crippen LogP contribution in [0.5, 0.6) is 0 Å². The number of nitrogens with zero attached hydrogens (tertiary/aromatic N) is 1. The van der Waals surface area contributed by atoms with Crippen molar-refractivity contribution < 1.29 is 13.9 Å². The lowest BCUT2D eigenvalue weighted by atomic mass is 10.1. The molecule has 0 aliphatic carbocycles. The average molecular weight is 281 g/mol. The number of methoxy groups -OCH3 is 1. The van der Waals surface area contributed by atoms with E-state index in [1.54, 1.807) is 48.5 Å². The summed E-state index contributed by atoms with van der Waals surface area (Å²) in [5.74, 6) is -0.414. The van der Waals surface area contributed by atoms with Crippen molar-refractivity contribution in [2.75, 3.05) is 7.11 Å².